The maximum atomic E-state index is 10.2. The summed E-state index contributed by atoms with van der Waals surface area (Å²) < 4.78 is 16.6. The van der Waals surface area contributed by atoms with E-state index in [1.54, 1.807) is 25.6 Å². The predicted octanol–water partition coefficient (Wildman–Crippen LogP) is 5.30. The Balaban J connectivity index is 0.000000154. The van der Waals surface area contributed by atoms with Crippen LogP contribution in [0.4, 0.5) is 0 Å². The summed E-state index contributed by atoms with van der Waals surface area (Å²) in [7, 11) is 1.71. The third kappa shape index (κ3) is 7.86. The van der Waals surface area contributed by atoms with E-state index in [2.05, 4.69) is 83.3 Å². The number of amidine groups is 2. The van der Waals surface area contributed by atoms with Crippen molar-refractivity contribution in [2.45, 2.75) is 49.6 Å². The van der Waals surface area contributed by atoms with Gasteiger partial charge >= 0.3 is 3.18 Å². The van der Waals surface area contributed by atoms with Gasteiger partial charge in [0.05, 0.1) is 7.11 Å². The Labute approximate surface area is 309 Å². The minimum Gasteiger partial charge on any atom is -0.508 e. The van der Waals surface area contributed by atoms with Gasteiger partial charge in [-0.15, -0.1) is 47.3 Å². The van der Waals surface area contributed by atoms with Crippen LogP contribution in [0.5, 0.6) is 11.5 Å². The van der Waals surface area contributed by atoms with Crippen LogP contribution in [0, 0.1) is 0 Å². The molecule has 4 aliphatic rings. The lowest BCUT2D eigenvalue weighted by atomic mass is 9.76. The Morgan fingerprint density at radius 2 is 1.16 bits per heavy atom. The van der Waals surface area contributed by atoms with Gasteiger partial charge in [0.15, 0.2) is 0 Å². The average Bonchev–Trinajstić information content (AvgIpc) is 3.65. The number of benzene rings is 2. The maximum Gasteiger partial charge on any atom is 0.369 e. The second kappa shape index (κ2) is 15.0. The highest BCUT2D eigenvalue weighted by molar-refractivity contribution is 9.69. The molecule has 12 nitrogen and oxygen atoms in total. The zero-order chi connectivity index (χ0) is 34.6. The number of rotatable bonds is 3. The Hall–Kier alpha value is -3.76. The Kier molecular flexibility index (Phi) is 10.7. The molecule has 8 rings (SSSR count). The SMILES string of the molecule is BrB(Br)Br.COc1ccc(-c2cncnc2)c2c1CCC1(COC(N)=N1)C2.NC1=NC2(CCc3c(O)ccc(-c4cncnc4)c3C2)CO1. The van der Waals surface area contributed by atoms with Crippen LogP contribution < -0.4 is 16.2 Å². The molecule has 2 aromatic carbocycles. The molecule has 49 heavy (non-hydrogen) atoms. The van der Waals surface area contributed by atoms with Crippen LogP contribution in [0.1, 0.15) is 35.1 Å². The van der Waals surface area contributed by atoms with E-state index in [0.29, 0.717) is 31.4 Å². The molecule has 0 fully saturated rings. The van der Waals surface area contributed by atoms with Crippen LogP contribution in [0.3, 0.4) is 0 Å². The topological polar surface area (TPSA) is 176 Å². The lowest BCUT2D eigenvalue weighted by Crippen LogP contribution is -2.36. The van der Waals surface area contributed by atoms with Crippen LogP contribution >= 0.6 is 47.3 Å². The van der Waals surface area contributed by atoms with Crippen LogP contribution in [0.2, 0.25) is 0 Å². The first kappa shape index (κ1) is 35.1. The molecule has 16 heteroatoms. The number of phenols is 1. The van der Waals surface area contributed by atoms with Crippen molar-refractivity contribution in [2.75, 3.05) is 20.3 Å². The first-order chi connectivity index (χ1) is 23.6. The summed E-state index contributed by atoms with van der Waals surface area (Å²) in [5, 5.41) is 10.2. The molecular weight excluding hydrogens is 823 g/mol. The molecule has 4 heterocycles. The number of hydrogen-bond acceptors (Lipinski definition) is 12. The molecule has 254 valence electrons. The van der Waals surface area contributed by atoms with Gasteiger partial charge in [-0.1, -0.05) is 12.1 Å². The van der Waals surface area contributed by atoms with Gasteiger partial charge in [-0.2, -0.15) is 0 Å². The maximum absolute atomic E-state index is 10.2. The quantitative estimate of drug-likeness (QED) is 0.229. The Morgan fingerprint density at radius 3 is 1.61 bits per heavy atom. The molecule has 2 unspecified atom stereocenters. The number of ether oxygens (including phenoxy) is 3. The van der Waals surface area contributed by atoms with Gasteiger partial charge in [-0.25, -0.2) is 29.9 Å². The van der Waals surface area contributed by atoms with E-state index in [1.807, 2.05) is 24.5 Å². The number of halogens is 3. The highest BCUT2D eigenvalue weighted by Crippen LogP contribution is 2.43. The van der Waals surface area contributed by atoms with Gasteiger partial charge < -0.3 is 30.8 Å². The van der Waals surface area contributed by atoms with E-state index < -0.39 is 0 Å². The van der Waals surface area contributed by atoms with Gasteiger partial charge in [0, 0.05) is 48.8 Å². The Bertz CT molecular complexity index is 1870. The molecule has 0 saturated heterocycles. The van der Waals surface area contributed by atoms with E-state index in [0.717, 1.165) is 71.2 Å². The molecule has 0 amide bonds. The molecule has 5 N–H and O–H groups in total. The number of nitrogens with two attached hydrogens (primary N) is 2. The first-order valence-corrected chi connectivity index (χ1v) is 18.3. The normalized spacial score (nSPS) is 21.4. The minimum absolute atomic E-state index is 0.256. The molecule has 0 bridgehead atoms. The van der Waals surface area contributed by atoms with Crippen molar-refractivity contribution in [3.8, 4) is 33.8 Å². The summed E-state index contributed by atoms with van der Waals surface area (Å²) in [6.07, 6.45) is 15.1. The van der Waals surface area contributed by atoms with Crippen LogP contribution in [-0.4, -0.2) is 71.7 Å². The molecule has 2 aromatic heterocycles. The van der Waals surface area contributed by atoms with Gasteiger partial charge in [0.2, 0.25) is 0 Å². The second-order valence-electron chi connectivity index (χ2n) is 12.1. The van der Waals surface area contributed by atoms with Crippen LogP contribution in [0.15, 0.2) is 71.7 Å². The number of nitrogens with zero attached hydrogens (tertiary/aromatic N) is 6. The number of phenolic OH excluding ortho intramolecular Hbond substituents is 1. The molecule has 2 spiro atoms. The van der Waals surface area contributed by atoms with Crippen molar-refractivity contribution in [3.05, 3.63) is 84.0 Å². The smallest absolute Gasteiger partial charge is 0.369 e. The third-order valence-corrected chi connectivity index (χ3v) is 9.12. The summed E-state index contributed by atoms with van der Waals surface area (Å²) in [6, 6.07) is 8.28. The molecule has 2 atom stereocenters. The molecule has 2 aliphatic carbocycles. The zero-order valence-corrected chi connectivity index (χ0v) is 31.4. The number of fused-ring (bicyclic) bond motifs is 2. The lowest BCUT2D eigenvalue weighted by molar-refractivity contribution is 0.234. The monoisotopic (exact) mass is 854 g/mol. The van der Waals surface area contributed by atoms with E-state index >= 15 is 0 Å². The number of aromatic nitrogens is 4. The zero-order valence-electron chi connectivity index (χ0n) is 26.7. The van der Waals surface area contributed by atoms with Crippen molar-refractivity contribution in [1.29, 1.82) is 0 Å². The summed E-state index contributed by atoms with van der Waals surface area (Å²) in [4.78, 5) is 25.5. The summed E-state index contributed by atoms with van der Waals surface area (Å²) >= 11 is 9.31. The summed E-state index contributed by atoms with van der Waals surface area (Å²) in [5.41, 5.74) is 19.5. The Morgan fingerprint density at radius 1 is 0.714 bits per heavy atom. The van der Waals surface area contributed by atoms with Gasteiger partial charge in [-0.3, -0.25) is 0 Å². The third-order valence-electron chi connectivity index (χ3n) is 9.12. The van der Waals surface area contributed by atoms with Crippen molar-refractivity contribution in [1.82, 2.24) is 19.9 Å². The molecule has 4 aromatic rings. The fourth-order valence-corrected chi connectivity index (χ4v) is 6.92. The van der Waals surface area contributed by atoms with Gasteiger partial charge in [-0.05, 0) is 71.2 Å². The van der Waals surface area contributed by atoms with Crippen molar-refractivity contribution in [2.24, 2.45) is 21.5 Å². The fourth-order valence-electron chi connectivity index (χ4n) is 6.92. The van der Waals surface area contributed by atoms with E-state index in [9.17, 15) is 5.11 Å². The average molecular weight is 857 g/mol. The highest BCUT2D eigenvalue weighted by atomic mass is 79.9. The summed E-state index contributed by atoms with van der Waals surface area (Å²) in [5.74, 6) is 1.26. The van der Waals surface area contributed by atoms with Gasteiger partial charge in [0.25, 0.3) is 12.0 Å². The second-order valence-corrected chi connectivity index (χ2v) is 18.6. The largest absolute Gasteiger partial charge is 0.508 e. The lowest BCUT2D eigenvalue weighted by Gasteiger charge is -2.32. The predicted molar refractivity (Wildman–Crippen MR) is 200 cm³/mol. The van der Waals surface area contributed by atoms with Crippen molar-refractivity contribution in [3.63, 3.8) is 0 Å². The standard InChI is InChI=1S/C17H18N4O2.C16H16N4O2.BBr3/c1-22-15-3-2-12(11-7-19-10-20-8-11)14-6-17(5-4-13(14)15)9-23-16(18)21-17;17-15-20-16(8-22-15)4-3-12-13(5-16)11(1-2-14(12)21)10-6-18-9-19-7-10;2-1(3)4/h2-3,7-8,10H,4-6,9H2,1H3,(H2,18,21);1-2,6-7,9,21H,3-5,8H2,(H2,17,20);. The molecule has 0 saturated carbocycles. The fraction of sp³-hybridized carbons (Fsp3) is 0.333. The number of aliphatic imine (C=N–C) groups is 2. The highest BCUT2D eigenvalue weighted by Gasteiger charge is 2.42. The first-order valence-electron chi connectivity index (χ1n) is 15.5. The number of aromatic hydroxyl groups is 1. The van der Waals surface area contributed by atoms with Gasteiger partial charge in [0.1, 0.15) is 48.4 Å². The molecule has 0 radical (unpaired) electrons. The molecule has 2 aliphatic heterocycles. The summed E-state index contributed by atoms with van der Waals surface area (Å²) in [6.45, 7) is 1.04. The van der Waals surface area contributed by atoms with E-state index in [-0.39, 0.29) is 20.3 Å². The van der Waals surface area contributed by atoms with E-state index in [1.165, 1.54) is 23.8 Å². The minimum atomic E-state index is -0.310. The van der Waals surface area contributed by atoms with Crippen LogP contribution in [-0.2, 0) is 35.2 Å². The van der Waals surface area contributed by atoms with E-state index in [4.69, 9.17) is 25.7 Å². The van der Waals surface area contributed by atoms with Crippen LogP contribution in [0.25, 0.3) is 22.3 Å². The number of hydrogen-bond donors (Lipinski definition) is 3. The van der Waals surface area contributed by atoms with Crippen molar-refractivity contribution >= 4 is 62.5 Å². The number of methoxy groups -OCH3 is 1. The molecular formula is C33H34BBr3N8O4. The van der Waals surface area contributed by atoms with Crippen molar-refractivity contribution < 1.29 is 19.3 Å².